The van der Waals surface area contributed by atoms with Crippen LogP contribution in [-0.2, 0) is 0 Å². The number of fused-ring (bicyclic) bond motifs is 6. The van der Waals surface area contributed by atoms with Crippen molar-refractivity contribution in [2.45, 2.75) is 11.8 Å². The van der Waals surface area contributed by atoms with E-state index in [1.807, 2.05) is 0 Å². The van der Waals surface area contributed by atoms with Crippen molar-refractivity contribution in [3.05, 3.63) is 276 Å². The molecule has 2 heterocycles. The van der Waals surface area contributed by atoms with Gasteiger partial charge in [-0.3, -0.25) is 0 Å². The zero-order chi connectivity index (χ0) is 44.7. The standard InChI is InChI=1S/C66H42O2/c1-3-17-41(18-4-1)45-21-7-9-25-49(45)63(57-29-15-27-55-47-23-11-13-31-59(47)67-65(55)57)53-39-35-43-34-38-52-54(40-36-44-33-37-51(53)61(43)62(44)52)64(50-26-10-8-22-46(50)42-19-5-2-6-20-42)58-30-16-28-56-48-24-12-14-32-60(48)68-66(56)58/h1-40,63-64H. The summed E-state index contributed by atoms with van der Waals surface area (Å²) in [4.78, 5) is 0. The summed E-state index contributed by atoms with van der Waals surface area (Å²) in [5.41, 5.74) is 15.7. The van der Waals surface area contributed by atoms with Gasteiger partial charge >= 0.3 is 0 Å². The lowest BCUT2D eigenvalue weighted by Crippen LogP contribution is -2.08. The molecule has 0 bridgehead atoms. The van der Waals surface area contributed by atoms with Crippen molar-refractivity contribution < 1.29 is 8.83 Å². The molecule has 14 rings (SSSR count). The number of hydrogen-bond acceptors (Lipinski definition) is 2. The molecule has 0 fully saturated rings. The first-order chi connectivity index (χ1) is 33.8. The van der Waals surface area contributed by atoms with Crippen LogP contribution >= 0.6 is 0 Å². The minimum atomic E-state index is -0.157. The summed E-state index contributed by atoms with van der Waals surface area (Å²) >= 11 is 0. The summed E-state index contributed by atoms with van der Waals surface area (Å²) in [7, 11) is 0. The van der Waals surface area contributed by atoms with Crippen molar-refractivity contribution in [2.75, 3.05) is 0 Å². The van der Waals surface area contributed by atoms with E-state index in [0.29, 0.717) is 0 Å². The zero-order valence-electron chi connectivity index (χ0n) is 37.1. The number of benzene rings is 12. The number of rotatable bonds is 8. The Labute approximate surface area is 393 Å². The van der Waals surface area contributed by atoms with Crippen LogP contribution in [-0.4, -0.2) is 0 Å². The van der Waals surface area contributed by atoms with E-state index in [9.17, 15) is 0 Å². The molecule has 68 heavy (non-hydrogen) atoms. The molecular formula is C66H42O2. The third-order valence-electron chi connectivity index (χ3n) is 14.6. The summed E-state index contributed by atoms with van der Waals surface area (Å²) in [6.45, 7) is 0. The second-order valence-corrected chi connectivity index (χ2v) is 18.1. The first-order valence-corrected chi connectivity index (χ1v) is 23.6. The SMILES string of the molecule is c1ccc(-c2ccccc2C(c2ccc3ccc4c(C(c5ccccc5-c5ccccc5)c5cccc6c5oc5ccccc56)ccc5ccc2c3c54)c2cccc3c2oc2ccccc23)cc1. The Morgan fingerprint density at radius 3 is 1.07 bits per heavy atom. The fourth-order valence-corrected chi connectivity index (χ4v) is 11.6. The van der Waals surface area contributed by atoms with Crippen molar-refractivity contribution in [3.8, 4) is 22.3 Å². The molecule has 0 aliphatic heterocycles. The molecule has 2 nitrogen and oxygen atoms in total. The molecule has 2 aromatic heterocycles. The average Bonchev–Trinajstić information content (AvgIpc) is 3.99. The van der Waals surface area contributed by atoms with Crippen molar-refractivity contribution in [2.24, 2.45) is 0 Å². The molecule has 0 amide bonds. The predicted octanol–water partition coefficient (Wildman–Crippen LogP) is 18.1. The highest BCUT2D eigenvalue weighted by Crippen LogP contribution is 2.50. The van der Waals surface area contributed by atoms with Gasteiger partial charge < -0.3 is 8.83 Å². The van der Waals surface area contributed by atoms with E-state index in [0.717, 1.165) is 55.0 Å². The molecule has 12 aromatic carbocycles. The van der Waals surface area contributed by atoms with Gasteiger partial charge in [-0.2, -0.15) is 0 Å². The first-order valence-electron chi connectivity index (χ1n) is 23.6. The molecule has 0 spiro atoms. The lowest BCUT2D eigenvalue weighted by atomic mass is 9.76. The summed E-state index contributed by atoms with van der Waals surface area (Å²) in [5, 5.41) is 12.0. The average molecular weight is 867 g/mol. The Morgan fingerprint density at radius 2 is 0.603 bits per heavy atom. The van der Waals surface area contributed by atoms with Gasteiger partial charge in [-0.05, 0) is 89.0 Å². The van der Waals surface area contributed by atoms with E-state index in [1.165, 1.54) is 76.8 Å². The van der Waals surface area contributed by atoms with Crippen molar-refractivity contribution in [1.29, 1.82) is 0 Å². The molecule has 0 radical (unpaired) electrons. The maximum atomic E-state index is 6.89. The predicted molar refractivity (Wildman–Crippen MR) is 283 cm³/mol. The Kier molecular flexibility index (Phi) is 8.75. The minimum absolute atomic E-state index is 0.157. The van der Waals surface area contributed by atoms with E-state index in [-0.39, 0.29) is 11.8 Å². The van der Waals surface area contributed by atoms with Crippen molar-refractivity contribution in [1.82, 2.24) is 0 Å². The molecule has 0 aliphatic rings. The number of para-hydroxylation sites is 4. The Bertz CT molecular complexity index is 3940. The lowest BCUT2D eigenvalue weighted by Gasteiger charge is -2.26. The second-order valence-electron chi connectivity index (χ2n) is 18.1. The fraction of sp³-hybridized carbons (Fsp3) is 0.0303. The van der Waals surface area contributed by atoms with Crippen LogP contribution in [0.1, 0.15) is 45.2 Å². The van der Waals surface area contributed by atoms with Crippen LogP contribution in [0, 0.1) is 0 Å². The van der Waals surface area contributed by atoms with E-state index in [4.69, 9.17) is 8.83 Å². The molecule has 2 heteroatoms. The van der Waals surface area contributed by atoms with Crippen LogP contribution in [0.15, 0.2) is 251 Å². The van der Waals surface area contributed by atoms with Crippen molar-refractivity contribution >= 4 is 76.2 Å². The van der Waals surface area contributed by atoms with Gasteiger partial charge in [-0.25, -0.2) is 0 Å². The molecule has 2 atom stereocenters. The van der Waals surface area contributed by atoms with Gasteiger partial charge in [0.25, 0.3) is 0 Å². The Hall–Kier alpha value is -8.72. The van der Waals surface area contributed by atoms with E-state index in [1.54, 1.807) is 0 Å². The summed E-state index contributed by atoms with van der Waals surface area (Å²) in [6, 6.07) is 88.5. The maximum Gasteiger partial charge on any atom is 0.139 e. The third-order valence-corrected chi connectivity index (χ3v) is 14.6. The van der Waals surface area contributed by atoms with E-state index >= 15 is 0 Å². The molecule has 14 aromatic rings. The van der Waals surface area contributed by atoms with Gasteiger partial charge in [0.2, 0.25) is 0 Å². The van der Waals surface area contributed by atoms with Gasteiger partial charge in [0.05, 0.1) is 0 Å². The highest BCUT2D eigenvalue weighted by molar-refractivity contribution is 6.25. The van der Waals surface area contributed by atoms with Gasteiger partial charge in [-0.15, -0.1) is 0 Å². The van der Waals surface area contributed by atoms with Crippen LogP contribution in [0.4, 0.5) is 0 Å². The maximum absolute atomic E-state index is 6.89. The third kappa shape index (κ3) is 5.91. The summed E-state index contributed by atoms with van der Waals surface area (Å²) in [6.07, 6.45) is 0. The summed E-state index contributed by atoms with van der Waals surface area (Å²) < 4.78 is 13.8. The highest BCUT2D eigenvalue weighted by Gasteiger charge is 2.30. The second kappa shape index (κ2) is 15.4. The first kappa shape index (κ1) is 38.5. The molecule has 2 unspecified atom stereocenters. The van der Waals surface area contributed by atoms with Crippen molar-refractivity contribution in [3.63, 3.8) is 0 Å². The molecule has 0 saturated heterocycles. The van der Waals surface area contributed by atoms with E-state index < -0.39 is 0 Å². The highest BCUT2D eigenvalue weighted by atomic mass is 16.3. The van der Waals surface area contributed by atoms with Crippen LogP contribution in [0.2, 0.25) is 0 Å². The zero-order valence-corrected chi connectivity index (χ0v) is 37.1. The van der Waals surface area contributed by atoms with Gasteiger partial charge in [0.15, 0.2) is 0 Å². The number of hydrogen-bond donors (Lipinski definition) is 0. The van der Waals surface area contributed by atoms with Crippen LogP contribution in [0.25, 0.3) is 98.4 Å². The lowest BCUT2D eigenvalue weighted by molar-refractivity contribution is 0.661. The minimum Gasteiger partial charge on any atom is -0.456 e. The molecule has 0 saturated carbocycles. The van der Waals surface area contributed by atoms with Crippen LogP contribution in [0.3, 0.4) is 0 Å². The van der Waals surface area contributed by atoms with Gasteiger partial charge in [0.1, 0.15) is 22.3 Å². The smallest absolute Gasteiger partial charge is 0.139 e. The van der Waals surface area contributed by atoms with E-state index in [2.05, 4.69) is 243 Å². The van der Waals surface area contributed by atoms with Crippen LogP contribution in [0.5, 0.6) is 0 Å². The topological polar surface area (TPSA) is 26.3 Å². The Balaban J connectivity index is 1.06. The molecule has 318 valence electrons. The van der Waals surface area contributed by atoms with Gasteiger partial charge in [0, 0.05) is 44.5 Å². The quantitative estimate of drug-likeness (QED) is 0.112. The largest absolute Gasteiger partial charge is 0.456 e. The summed E-state index contributed by atoms with van der Waals surface area (Å²) in [5.74, 6) is -0.313. The van der Waals surface area contributed by atoms with Gasteiger partial charge in [-0.1, -0.05) is 231 Å². The Morgan fingerprint density at radius 1 is 0.235 bits per heavy atom. The van der Waals surface area contributed by atoms with Crippen LogP contribution < -0.4 is 0 Å². The fourth-order valence-electron chi connectivity index (χ4n) is 11.6. The molecule has 0 N–H and O–H groups in total. The number of furan rings is 2. The monoisotopic (exact) mass is 866 g/mol. The molecular weight excluding hydrogens is 825 g/mol. The normalized spacial score (nSPS) is 12.9. The molecule has 0 aliphatic carbocycles.